The third-order valence-corrected chi connectivity index (χ3v) is 2.92. The predicted octanol–water partition coefficient (Wildman–Crippen LogP) is 3.88. The molecule has 0 atom stereocenters. The van der Waals surface area contributed by atoms with Gasteiger partial charge in [0, 0.05) is 10.7 Å². The van der Waals surface area contributed by atoms with Crippen molar-refractivity contribution in [2.75, 3.05) is 5.32 Å². The minimum Gasteiger partial charge on any atom is -0.337 e. The van der Waals surface area contributed by atoms with Crippen LogP contribution in [0.2, 0.25) is 0 Å². The van der Waals surface area contributed by atoms with Crippen molar-refractivity contribution in [3.63, 3.8) is 0 Å². The van der Waals surface area contributed by atoms with Gasteiger partial charge < -0.3 is 5.32 Å². The SMILES string of the molecule is Fc1ccc(Br)cc1Nc1ncncc1Br. The van der Waals surface area contributed by atoms with Crippen LogP contribution in [0.5, 0.6) is 0 Å². The lowest BCUT2D eigenvalue weighted by Gasteiger charge is -2.08. The summed E-state index contributed by atoms with van der Waals surface area (Å²) in [5.74, 6) is 0.181. The second kappa shape index (κ2) is 4.88. The normalized spacial score (nSPS) is 10.2. The van der Waals surface area contributed by atoms with Gasteiger partial charge in [-0.25, -0.2) is 14.4 Å². The minimum atomic E-state index is -0.339. The number of nitrogens with one attached hydrogen (secondary N) is 1. The number of benzene rings is 1. The van der Waals surface area contributed by atoms with Gasteiger partial charge in [0.25, 0.3) is 0 Å². The van der Waals surface area contributed by atoms with Gasteiger partial charge in [0.15, 0.2) is 0 Å². The van der Waals surface area contributed by atoms with E-state index in [0.717, 1.165) is 4.47 Å². The number of hydrogen-bond acceptors (Lipinski definition) is 3. The molecule has 0 fully saturated rings. The summed E-state index contributed by atoms with van der Waals surface area (Å²) in [7, 11) is 0. The van der Waals surface area contributed by atoms with Crippen molar-refractivity contribution in [3.05, 3.63) is 45.5 Å². The van der Waals surface area contributed by atoms with Crippen LogP contribution in [0, 0.1) is 5.82 Å². The standard InChI is InChI=1S/C10H6Br2FN3/c11-6-1-2-8(13)9(3-6)16-10-7(12)4-14-5-15-10/h1-5H,(H,14,15,16). The van der Waals surface area contributed by atoms with Crippen molar-refractivity contribution < 1.29 is 4.39 Å². The zero-order chi connectivity index (χ0) is 11.5. The van der Waals surface area contributed by atoms with Crippen molar-refractivity contribution in [2.45, 2.75) is 0 Å². The van der Waals surface area contributed by atoms with E-state index in [1.165, 1.54) is 12.4 Å². The van der Waals surface area contributed by atoms with E-state index in [4.69, 9.17) is 0 Å². The highest BCUT2D eigenvalue weighted by molar-refractivity contribution is 9.10. The van der Waals surface area contributed by atoms with Crippen LogP contribution in [-0.4, -0.2) is 9.97 Å². The highest BCUT2D eigenvalue weighted by atomic mass is 79.9. The first-order valence-electron chi connectivity index (χ1n) is 4.34. The molecule has 2 aromatic rings. The fraction of sp³-hybridized carbons (Fsp3) is 0. The van der Waals surface area contributed by atoms with E-state index in [-0.39, 0.29) is 5.82 Å². The zero-order valence-corrected chi connectivity index (χ0v) is 11.1. The van der Waals surface area contributed by atoms with Gasteiger partial charge in [0.1, 0.15) is 18.0 Å². The highest BCUT2D eigenvalue weighted by Crippen LogP contribution is 2.26. The maximum Gasteiger partial charge on any atom is 0.148 e. The van der Waals surface area contributed by atoms with E-state index in [0.29, 0.717) is 16.0 Å². The van der Waals surface area contributed by atoms with Crippen LogP contribution in [0.3, 0.4) is 0 Å². The summed E-state index contributed by atoms with van der Waals surface area (Å²) < 4.78 is 14.9. The lowest BCUT2D eigenvalue weighted by molar-refractivity contribution is 0.631. The second-order valence-corrected chi connectivity index (χ2v) is 4.74. The van der Waals surface area contributed by atoms with Crippen molar-refractivity contribution in [1.29, 1.82) is 0 Å². The lowest BCUT2D eigenvalue weighted by atomic mass is 10.3. The van der Waals surface area contributed by atoms with Gasteiger partial charge in [-0.3, -0.25) is 0 Å². The Kier molecular flexibility index (Phi) is 3.50. The quantitative estimate of drug-likeness (QED) is 0.896. The third kappa shape index (κ3) is 2.56. The van der Waals surface area contributed by atoms with Gasteiger partial charge >= 0.3 is 0 Å². The summed E-state index contributed by atoms with van der Waals surface area (Å²) in [4.78, 5) is 7.82. The smallest absolute Gasteiger partial charge is 0.148 e. The Morgan fingerprint density at radius 3 is 2.81 bits per heavy atom. The fourth-order valence-electron chi connectivity index (χ4n) is 1.13. The Morgan fingerprint density at radius 2 is 2.06 bits per heavy atom. The molecule has 0 saturated carbocycles. The number of rotatable bonds is 2. The van der Waals surface area contributed by atoms with E-state index in [1.807, 2.05) is 0 Å². The number of aromatic nitrogens is 2. The number of halogens is 3. The Labute approximate surface area is 108 Å². The molecule has 16 heavy (non-hydrogen) atoms. The van der Waals surface area contributed by atoms with E-state index in [2.05, 4.69) is 47.1 Å². The Bertz CT molecular complexity index is 519. The van der Waals surface area contributed by atoms with Crippen LogP contribution >= 0.6 is 31.9 Å². The van der Waals surface area contributed by atoms with Crippen LogP contribution in [0.25, 0.3) is 0 Å². The molecule has 0 radical (unpaired) electrons. The van der Waals surface area contributed by atoms with Crippen molar-refractivity contribution in [2.24, 2.45) is 0 Å². The molecular formula is C10H6Br2FN3. The van der Waals surface area contributed by atoms with Crippen molar-refractivity contribution >= 4 is 43.4 Å². The van der Waals surface area contributed by atoms with E-state index >= 15 is 0 Å². The first kappa shape index (κ1) is 11.5. The third-order valence-electron chi connectivity index (χ3n) is 1.85. The van der Waals surface area contributed by atoms with Crippen molar-refractivity contribution in [1.82, 2.24) is 9.97 Å². The summed E-state index contributed by atoms with van der Waals surface area (Å²) in [6.45, 7) is 0. The molecule has 1 heterocycles. The molecule has 1 aromatic heterocycles. The molecule has 1 N–H and O–H groups in total. The molecule has 0 amide bonds. The Balaban J connectivity index is 2.34. The molecule has 82 valence electrons. The van der Waals surface area contributed by atoms with Gasteiger partial charge in [0.05, 0.1) is 10.2 Å². The van der Waals surface area contributed by atoms with Crippen molar-refractivity contribution in [3.8, 4) is 0 Å². The summed E-state index contributed by atoms with van der Waals surface area (Å²) in [5.41, 5.74) is 0.355. The van der Waals surface area contributed by atoms with Crippen LogP contribution in [-0.2, 0) is 0 Å². The number of hydrogen-bond donors (Lipinski definition) is 1. The molecule has 6 heteroatoms. The topological polar surface area (TPSA) is 37.8 Å². The molecular weight excluding hydrogens is 341 g/mol. The maximum atomic E-state index is 13.4. The number of anilines is 2. The van der Waals surface area contributed by atoms with Crippen LogP contribution in [0.1, 0.15) is 0 Å². The molecule has 3 nitrogen and oxygen atoms in total. The average molecular weight is 347 g/mol. The minimum absolute atomic E-state index is 0.339. The van der Waals surface area contributed by atoms with Crippen LogP contribution in [0.4, 0.5) is 15.9 Å². The summed E-state index contributed by atoms with van der Waals surface area (Å²) in [6, 6.07) is 4.65. The summed E-state index contributed by atoms with van der Waals surface area (Å²) >= 11 is 6.55. The molecule has 0 unspecified atom stereocenters. The molecule has 0 spiro atoms. The molecule has 0 aliphatic rings. The zero-order valence-electron chi connectivity index (χ0n) is 7.92. The summed E-state index contributed by atoms with van der Waals surface area (Å²) in [6.07, 6.45) is 2.98. The Morgan fingerprint density at radius 1 is 1.25 bits per heavy atom. The van der Waals surface area contributed by atoms with Gasteiger partial charge in [-0.2, -0.15) is 0 Å². The molecule has 0 aliphatic heterocycles. The summed E-state index contributed by atoms with van der Waals surface area (Å²) in [5, 5.41) is 2.88. The van der Waals surface area contributed by atoms with Crippen LogP contribution < -0.4 is 5.32 Å². The van der Waals surface area contributed by atoms with Gasteiger partial charge in [0.2, 0.25) is 0 Å². The van der Waals surface area contributed by atoms with E-state index < -0.39 is 0 Å². The number of nitrogens with zero attached hydrogens (tertiary/aromatic N) is 2. The van der Waals surface area contributed by atoms with E-state index in [1.54, 1.807) is 18.3 Å². The monoisotopic (exact) mass is 345 g/mol. The van der Waals surface area contributed by atoms with E-state index in [9.17, 15) is 4.39 Å². The largest absolute Gasteiger partial charge is 0.337 e. The van der Waals surface area contributed by atoms with Gasteiger partial charge in [-0.1, -0.05) is 15.9 Å². The first-order valence-corrected chi connectivity index (χ1v) is 5.93. The second-order valence-electron chi connectivity index (χ2n) is 2.97. The average Bonchev–Trinajstić information content (AvgIpc) is 2.27. The molecule has 0 saturated heterocycles. The maximum absolute atomic E-state index is 13.4. The first-order chi connectivity index (χ1) is 7.66. The molecule has 0 bridgehead atoms. The molecule has 1 aromatic carbocycles. The molecule has 0 aliphatic carbocycles. The Hall–Kier alpha value is -1.01. The fourth-order valence-corrected chi connectivity index (χ4v) is 1.81. The predicted molar refractivity (Wildman–Crippen MR) is 67.1 cm³/mol. The van der Waals surface area contributed by atoms with Gasteiger partial charge in [-0.15, -0.1) is 0 Å². The van der Waals surface area contributed by atoms with Gasteiger partial charge in [-0.05, 0) is 34.1 Å². The van der Waals surface area contributed by atoms with Crippen LogP contribution in [0.15, 0.2) is 39.7 Å². The highest BCUT2D eigenvalue weighted by Gasteiger charge is 2.06. The lowest BCUT2D eigenvalue weighted by Crippen LogP contribution is -1.97. The molecule has 2 rings (SSSR count).